The Morgan fingerprint density at radius 3 is 2.31 bits per heavy atom. The predicted octanol–water partition coefficient (Wildman–Crippen LogP) is 3.72. The second kappa shape index (κ2) is 7.40. The second-order valence-electron chi connectivity index (χ2n) is 7.91. The lowest BCUT2D eigenvalue weighted by molar-refractivity contribution is -0.275. The first-order valence-corrected chi connectivity index (χ1v) is 9.71. The molecule has 2 atom stereocenters. The number of benzene rings is 1. The van der Waals surface area contributed by atoms with Crippen molar-refractivity contribution in [1.82, 2.24) is 14.8 Å². The van der Waals surface area contributed by atoms with Crippen molar-refractivity contribution in [2.75, 3.05) is 18.0 Å². The number of nitrogens with two attached hydrogens (primary N) is 1. The van der Waals surface area contributed by atoms with E-state index in [2.05, 4.69) is 19.7 Å². The van der Waals surface area contributed by atoms with Crippen molar-refractivity contribution in [3.63, 3.8) is 0 Å². The minimum absolute atomic E-state index is 0.0774. The molecule has 2 bridgehead atoms. The molecule has 1 aromatic heterocycles. The van der Waals surface area contributed by atoms with Crippen LogP contribution in [0.5, 0.6) is 17.5 Å². The number of halogens is 3. The number of nitrogens with zero attached hydrogens (tertiary/aromatic N) is 4. The summed E-state index contributed by atoms with van der Waals surface area (Å²) in [6.07, 6.45) is -2.63. The van der Waals surface area contributed by atoms with E-state index < -0.39 is 12.1 Å². The first-order chi connectivity index (χ1) is 13.7. The number of piperidine rings is 1. The number of fused-ring (bicyclic) bond motifs is 2. The topological polar surface area (TPSA) is 78.4 Å². The van der Waals surface area contributed by atoms with Crippen LogP contribution in [0.3, 0.4) is 0 Å². The van der Waals surface area contributed by atoms with E-state index in [-0.39, 0.29) is 23.8 Å². The van der Waals surface area contributed by atoms with Crippen LogP contribution in [0.4, 0.5) is 19.1 Å². The van der Waals surface area contributed by atoms with Gasteiger partial charge in [-0.2, -0.15) is 4.98 Å². The van der Waals surface area contributed by atoms with E-state index in [9.17, 15) is 13.2 Å². The van der Waals surface area contributed by atoms with E-state index in [0.717, 1.165) is 25.9 Å². The molecule has 2 unspecified atom stereocenters. The van der Waals surface area contributed by atoms with Crippen LogP contribution in [0.1, 0.15) is 32.7 Å². The van der Waals surface area contributed by atoms with Crippen LogP contribution in [0.25, 0.3) is 0 Å². The summed E-state index contributed by atoms with van der Waals surface area (Å²) in [6, 6.07) is 5.85. The van der Waals surface area contributed by atoms with Gasteiger partial charge < -0.3 is 20.1 Å². The van der Waals surface area contributed by atoms with Crippen molar-refractivity contribution in [3.8, 4) is 17.5 Å². The summed E-state index contributed by atoms with van der Waals surface area (Å²) in [5, 5.41) is 4.56. The number of hydrogen-bond donors (Lipinski definition) is 1. The summed E-state index contributed by atoms with van der Waals surface area (Å²) in [5.41, 5.74) is 6.27. The van der Waals surface area contributed by atoms with Crippen molar-refractivity contribution >= 4 is 5.95 Å². The Morgan fingerprint density at radius 1 is 1.10 bits per heavy atom. The fraction of sp³-hybridized carbons (Fsp3) is 0.579. The molecule has 0 amide bonds. The number of alkyl halides is 3. The minimum atomic E-state index is -4.82. The van der Waals surface area contributed by atoms with Gasteiger partial charge in [0.05, 0.1) is 6.04 Å². The average molecular weight is 411 g/mol. The van der Waals surface area contributed by atoms with Gasteiger partial charge in [-0.3, -0.25) is 0 Å². The Labute approximate surface area is 166 Å². The molecule has 158 valence electrons. The van der Waals surface area contributed by atoms with E-state index in [0.29, 0.717) is 17.8 Å². The van der Waals surface area contributed by atoms with E-state index in [4.69, 9.17) is 10.5 Å². The number of hydrogen-bond acceptors (Lipinski definition) is 6. The van der Waals surface area contributed by atoms with Crippen LogP contribution < -0.4 is 20.1 Å². The molecule has 2 N–H and O–H groups in total. The summed E-state index contributed by atoms with van der Waals surface area (Å²) >= 11 is 0. The number of anilines is 1. The summed E-state index contributed by atoms with van der Waals surface area (Å²) in [6.45, 7) is 5.35. The monoisotopic (exact) mass is 411 g/mol. The third-order valence-corrected chi connectivity index (χ3v) is 5.54. The van der Waals surface area contributed by atoms with Crippen LogP contribution in [-0.4, -0.2) is 40.3 Å². The van der Waals surface area contributed by atoms with Gasteiger partial charge in [0.1, 0.15) is 0 Å². The lowest BCUT2D eigenvalue weighted by atomic mass is 9.93. The molecule has 10 heteroatoms. The van der Waals surface area contributed by atoms with Gasteiger partial charge >= 0.3 is 12.4 Å². The SMILES string of the molecule is CC(C)n1nc(N2CC3CCC(C2)C3N)nc1Oc1ccccc1OC(F)(F)F. The maximum Gasteiger partial charge on any atom is 0.573 e. The van der Waals surface area contributed by atoms with Crippen molar-refractivity contribution < 1.29 is 22.6 Å². The molecular formula is C19H24F3N5O2. The molecule has 7 nitrogen and oxygen atoms in total. The molecule has 4 rings (SSSR count). The molecular weight excluding hydrogens is 387 g/mol. The van der Waals surface area contributed by atoms with Crippen molar-refractivity contribution in [1.29, 1.82) is 0 Å². The maximum absolute atomic E-state index is 12.7. The summed E-state index contributed by atoms with van der Waals surface area (Å²) in [5.74, 6) is 0.815. The first-order valence-electron chi connectivity index (χ1n) is 9.71. The van der Waals surface area contributed by atoms with E-state index in [1.807, 2.05) is 13.8 Å². The molecule has 29 heavy (non-hydrogen) atoms. The Kier molecular flexibility index (Phi) is 5.05. The fourth-order valence-corrected chi connectivity index (χ4v) is 4.11. The number of ether oxygens (including phenoxy) is 2. The number of aromatic nitrogens is 3. The molecule has 1 saturated heterocycles. The molecule has 2 heterocycles. The van der Waals surface area contributed by atoms with Gasteiger partial charge in [-0.25, -0.2) is 4.68 Å². The maximum atomic E-state index is 12.7. The summed E-state index contributed by atoms with van der Waals surface area (Å²) in [4.78, 5) is 6.58. The third-order valence-electron chi connectivity index (χ3n) is 5.54. The van der Waals surface area contributed by atoms with Crippen molar-refractivity contribution in [2.24, 2.45) is 17.6 Å². The van der Waals surface area contributed by atoms with Gasteiger partial charge in [0.15, 0.2) is 11.5 Å². The Balaban J connectivity index is 1.60. The van der Waals surface area contributed by atoms with E-state index in [1.54, 1.807) is 10.7 Å². The van der Waals surface area contributed by atoms with Crippen LogP contribution in [0.15, 0.2) is 24.3 Å². The van der Waals surface area contributed by atoms with Gasteiger partial charge in [-0.1, -0.05) is 12.1 Å². The summed E-state index contributed by atoms with van der Waals surface area (Å²) < 4.78 is 49.5. The fourth-order valence-electron chi connectivity index (χ4n) is 4.11. The molecule has 1 aliphatic heterocycles. The van der Waals surface area contributed by atoms with Gasteiger partial charge in [-0.05, 0) is 50.7 Å². The zero-order valence-electron chi connectivity index (χ0n) is 16.3. The predicted molar refractivity (Wildman–Crippen MR) is 100 cm³/mol. The smallest absolute Gasteiger partial charge is 0.420 e. The normalized spacial score (nSPS) is 24.2. The highest BCUT2D eigenvalue weighted by Gasteiger charge is 2.41. The highest BCUT2D eigenvalue weighted by molar-refractivity contribution is 5.42. The zero-order valence-corrected chi connectivity index (χ0v) is 16.3. The van der Waals surface area contributed by atoms with E-state index in [1.165, 1.54) is 18.2 Å². The molecule has 0 radical (unpaired) electrons. The zero-order chi connectivity index (χ0) is 20.8. The molecule has 2 fully saturated rings. The average Bonchev–Trinajstić information content (AvgIpc) is 3.12. The number of para-hydroxylation sites is 2. The highest BCUT2D eigenvalue weighted by Crippen LogP contribution is 2.39. The molecule has 0 spiro atoms. The molecule has 2 aliphatic rings. The largest absolute Gasteiger partial charge is 0.573 e. The van der Waals surface area contributed by atoms with Crippen LogP contribution in [0, 0.1) is 11.8 Å². The van der Waals surface area contributed by atoms with E-state index >= 15 is 0 Å². The van der Waals surface area contributed by atoms with Gasteiger partial charge in [0, 0.05) is 19.1 Å². The second-order valence-corrected chi connectivity index (χ2v) is 7.91. The van der Waals surface area contributed by atoms with Crippen LogP contribution in [-0.2, 0) is 0 Å². The Hall–Kier alpha value is -2.49. The van der Waals surface area contributed by atoms with Crippen LogP contribution in [0.2, 0.25) is 0 Å². The Morgan fingerprint density at radius 2 is 1.72 bits per heavy atom. The quantitative estimate of drug-likeness (QED) is 0.808. The summed E-state index contributed by atoms with van der Waals surface area (Å²) in [7, 11) is 0. The van der Waals surface area contributed by atoms with Gasteiger partial charge in [0.25, 0.3) is 0 Å². The van der Waals surface area contributed by atoms with Crippen molar-refractivity contribution in [3.05, 3.63) is 24.3 Å². The van der Waals surface area contributed by atoms with Gasteiger partial charge in [0.2, 0.25) is 5.95 Å². The first kappa shape index (κ1) is 19.8. The molecule has 1 saturated carbocycles. The van der Waals surface area contributed by atoms with Crippen LogP contribution >= 0.6 is 0 Å². The molecule has 1 aliphatic carbocycles. The third kappa shape index (κ3) is 4.12. The lowest BCUT2D eigenvalue weighted by Gasteiger charge is -2.35. The number of rotatable bonds is 5. The highest BCUT2D eigenvalue weighted by atomic mass is 19.4. The minimum Gasteiger partial charge on any atom is -0.420 e. The van der Waals surface area contributed by atoms with Crippen molar-refractivity contribution in [2.45, 2.75) is 45.1 Å². The Bertz CT molecular complexity index is 856. The lowest BCUT2D eigenvalue weighted by Crippen LogP contribution is -2.49. The van der Waals surface area contributed by atoms with Gasteiger partial charge in [-0.15, -0.1) is 18.3 Å². The standard InChI is InChI=1S/C19H24F3N5O2/c1-11(2)27-18(28-14-5-3-4-6-15(14)29-19(20,21)22)24-17(25-27)26-9-12-7-8-13(10-26)16(12)23/h3-6,11-13,16H,7-10,23H2,1-2H3. The molecule has 2 aromatic rings. The molecule has 1 aromatic carbocycles.